The van der Waals surface area contributed by atoms with E-state index in [1.165, 1.54) is 23.1 Å². The third-order valence-electron chi connectivity index (χ3n) is 4.02. The second kappa shape index (κ2) is 7.99. The predicted octanol–water partition coefficient (Wildman–Crippen LogP) is 4.21. The number of hydrogen-bond donors (Lipinski definition) is 2. The summed E-state index contributed by atoms with van der Waals surface area (Å²) in [5.41, 5.74) is 2.67. The number of nitrogens with zero attached hydrogens (tertiary/aromatic N) is 3. The van der Waals surface area contributed by atoms with Gasteiger partial charge in [0, 0.05) is 0 Å². The Balaban J connectivity index is 1.44. The molecule has 142 valence electrons. The zero-order chi connectivity index (χ0) is 19.5. The first-order valence-corrected chi connectivity index (χ1v) is 10.2. The largest absolute Gasteiger partial charge is 0.496 e. The van der Waals surface area contributed by atoms with Crippen molar-refractivity contribution in [2.24, 2.45) is 0 Å². The van der Waals surface area contributed by atoms with Crippen LogP contribution in [0.25, 0.3) is 21.6 Å². The molecule has 0 saturated carbocycles. The molecular weight excluding hydrogens is 394 g/mol. The molecule has 7 nitrogen and oxygen atoms in total. The number of thioether (sulfide) groups is 1. The molecule has 1 unspecified atom stereocenters. The standard InChI is InChI=1S/C19H17N5O2S2/c1-11(27-18-20-13-8-4-5-9-14(13)21-18)16(25)22-19-24-23-17(28-19)12-7-3-6-10-15(12)26-2/h3-11H,1-2H3,(H,20,21)(H,22,24,25). The van der Waals surface area contributed by atoms with Crippen molar-refractivity contribution in [2.45, 2.75) is 17.3 Å². The monoisotopic (exact) mass is 411 g/mol. The number of nitrogens with one attached hydrogen (secondary N) is 2. The van der Waals surface area contributed by atoms with E-state index < -0.39 is 0 Å². The maximum absolute atomic E-state index is 12.5. The Bertz CT molecular complexity index is 1090. The van der Waals surface area contributed by atoms with Crippen LogP contribution in [-0.2, 0) is 4.79 Å². The molecule has 9 heteroatoms. The molecule has 1 atom stereocenters. The van der Waals surface area contributed by atoms with Crippen LogP contribution in [-0.4, -0.2) is 38.4 Å². The first kappa shape index (κ1) is 18.5. The van der Waals surface area contributed by atoms with Crippen LogP contribution < -0.4 is 10.1 Å². The molecule has 0 fully saturated rings. The second-order valence-electron chi connectivity index (χ2n) is 5.92. The lowest BCUT2D eigenvalue weighted by Crippen LogP contribution is -2.22. The number of para-hydroxylation sites is 3. The smallest absolute Gasteiger partial charge is 0.239 e. The van der Waals surface area contributed by atoms with Gasteiger partial charge in [0.2, 0.25) is 11.0 Å². The van der Waals surface area contributed by atoms with E-state index in [-0.39, 0.29) is 11.2 Å². The van der Waals surface area contributed by atoms with Gasteiger partial charge in [0.15, 0.2) is 10.2 Å². The minimum Gasteiger partial charge on any atom is -0.496 e. The molecule has 0 aliphatic heterocycles. The number of imidazole rings is 1. The van der Waals surface area contributed by atoms with Crippen molar-refractivity contribution in [3.05, 3.63) is 48.5 Å². The van der Waals surface area contributed by atoms with Gasteiger partial charge in [0.05, 0.1) is 29.0 Å². The van der Waals surface area contributed by atoms with Crippen LogP contribution in [0.2, 0.25) is 0 Å². The van der Waals surface area contributed by atoms with Crippen molar-refractivity contribution >= 4 is 45.2 Å². The molecule has 2 aromatic carbocycles. The summed E-state index contributed by atoms with van der Waals surface area (Å²) in [4.78, 5) is 20.3. The third kappa shape index (κ3) is 3.85. The number of carbonyl (C=O) groups is 1. The summed E-state index contributed by atoms with van der Waals surface area (Å²) in [7, 11) is 1.61. The minimum atomic E-state index is -0.348. The van der Waals surface area contributed by atoms with Crippen LogP contribution in [0.1, 0.15) is 6.92 Å². The number of benzene rings is 2. The van der Waals surface area contributed by atoms with E-state index in [1.54, 1.807) is 7.11 Å². The van der Waals surface area contributed by atoms with E-state index in [0.29, 0.717) is 21.0 Å². The maximum atomic E-state index is 12.5. The number of amides is 1. The number of carbonyl (C=O) groups excluding carboxylic acids is 1. The molecule has 4 rings (SSSR count). The average molecular weight is 412 g/mol. The number of aromatic nitrogens is 4. The highest BCUT2D eigenvalue weighted by Crippen LogP contribution is 2.33. The van der Waals surface area contributed by atoms with E-state index in [2.05, 4.69) is 25.5 Å². The SMILES string of the molecule is COc1ccccc1-c1nnc(NC(=O)C(C)Sc2nc3ccccc3[nH]2)s1. The highest BCUT2D eigenvalue weighted by atomic mass is 32.2. The molecule has 2 aromatic heterocycles. The molecule has 0 aliphatic carbocycles. The van der Waals surface area contributed by atoms with Crippen molar-refractivity contribution in [3.8, 4) is 16.3 Å². The number of methoxy groups -OCH3 is 1. The van der Waals surface area contributed by atoms with E-state index in [9.17, 15) is 4.79 Å². The summed E-state index contributed by atoms with van der Waals surface area (Å²) in [5, 5.41) is 12.6. The van der Waals surface area contributed by atoms with Gasteiger partial charge in [-0.25, -0.2) is 4.98 Å². The average Bonchev–Trinajstić information content (AvgIpc) is 3.34. The third-order valence-corrected chi connectivity index (χ3v) is 5.87. The van der Waals surface area contributed by atoms with Gasteiger partial charge in [-0.2, -0.15) is 0 Å². The number of aromatic amines is 1. The second-order valence-corrected chi connectivity index (χ2v) is 8.23. The molecule has 0 bridgehead atoms. The molecule has 0 aliphatic rings. The zero-order valence-electron chi connectivity index (χ0n) is 15.2. The van der Waals surface area contributed by atoms with Crippen LogP contribution in [0, 0.1) is 0 Å². The molecule has 2 N–H and O–H groups in total. The summed E-state index contributed by atoms with van der Waals surface area (Å²) in [6, 6.07) is 15.3. The number of hydrogen-bond acceptors (Lipinski definition) is 7. The fraction of sp³-hybridized carbons (Fsp3) is 0.158. The molecular formula is C19H17N5O2S2. The van der Waals surface area contributed by atoms with Crippen LogP contribution in [0.4, 0.5) is 5.13 Å². The van der Waals surface area contributed by atoms with Gasteiger partial charge in [-0.3, -0.25) is 10.1 Å². The highest BCUT2D eigenvalue weighted by Gasteiger charge is 2.19. The van der Waals surface area contributed by atoms with E-state index in [1.807, 2.05) is 55.5 Å². The number of anilines is 1. The van der Waals surface area contributed by atoms with Gasteiger partial charge in [-0.15, -0.1) is 10.2 Å². The van der Waals surface area contributed by atoms with Crippen molar-refractivity contribution in [2.75, 3.05) is 12.4 Å². The minimum absolute atomic E-state index is 0.159. The fourth-order valence-corrected chi connectivity index (χ4v) is 4.21. The van der Waals surface area contributed by atoms with Crippen molar-refractivity contribution in [3.63, 3.8) is 0 Å². The number of ether oxygens (including phenoxy) is 1. The van der Waals surface area contributed by atoms with Gasteiger partial charge in [-0.1, -0.05) is 47.4 Å². The molecule has 1 amide bonds. The van der Waals surface area contributed by atoms with Crippen LogP contribution in [0.15, 0.2) is 53.7 Å². The van der Waals surface area contributed by atoms with E-state index in [4.69, 9.17) is 4.74 Å². The summed E-state index contributed by atoms with van der Waals surface area (Å²) >= 11 is 2.67. The Morgan fingerprint density at radius 1 is 1.18 bits per heavy atom. The molecule has 2 heterocycles. The summed E-state index contributed by atoms with van der Waals surface area (Å²) in [6.45, 7) is 1.83. The quantitative estimate of drug-likeness (QED) is 0.462. The molecule has 4 aromatic rings. The number of rotatable bonds is 6. The predicted molar refractivity (Wildman–Crippen MR) is 112 cm³/mol. The van der Waals surface area contributed by atoms with Gasteiger partial charge < -0.3 is 9.72 Å². The molecule has 0 saturated heterocycles. The summed E-state index contributed by atoms with van der Waals surface area (Å²) in [5.74, 6) is 0.554. The number of fused-ring (bicyclic) bond motifs is 1. The Morgan fingerprint density at radius 2 is 1.96 bits per heavy atom. The lowest BCUT2D eigenvalue weighted by atomic mass is 10.2. The fourth-order valence-electron chi connectivity index (χ4n) is 2.62. The Labute approximate surface area is 169 Å². The molecule has 28 heavy (non-hydrogen) atoms. The van der Waals surface area contributed by atoms with E-state index in [0.717, 1.165) is 16.6 Å². The van der Waals surface area contributed by atoms with Gasteiger partial charge in [0.25, 0.3) is 0 Å². The van der Waals surface area contributed by atoms with Gasteiger partial charge in [0.1, 0.15) is 5.75 Å². The normalized spacial score (nSPS) is 12.1. The van der Waals surface area contributed by atoms with Crippen molar-refractivity contribution < 1.29 is 9.53 Å². The van der Waals surface area contributed by atoms with Gasteiger partial charge in [-0.05, 0) is 31.2 Å². The van der Waals surface area contributed by atoms with E-state index >= 15 is 0 Å². The topological polar surface area (TPSA) is 92.8 Å². The highest BCUT2D eigenvalue weighted by molar-refractivity contribution is 8.00. The van der Waals surface area contributed by atoms with Crippen LogP contribution in [0.3, 0.4) is 0 Å². The maximum Gasteiger partial charge on any atom is 0.239 e. The Morgan fingerprint density at radius 3 is 2.79 bits per heavy atom. The van der Waals surface area contributed by atoms with Crippen molar-refractivity contribution in [1.82, 2.24) is 20.2 Å². The first-order valence-electron chi connectivity index (χ1n) is 8.53. The Hall–Kier alpha value is -2.91. The number of H-pyrrole nitrogens is 1. The van der Waals surface area contributed by atoms with Crippen LogP contribution >= 0.6 is 23.1 Å². The lowest BCUT2D eigenvalue weighted by molar-refractivity contribution is -0.115. The molecule has 0 radical (unpaired) electrons. The lowest BCUT2D eigenvalue weighted by Gasteiger charge is -2.07. The molecule has 0 spiro atoms. The zero-order valence-corrected chi connectivity index (χ0v) is 16.8. The van der Waals surface area contributed by atoms with Gasteiger partial charge >= 0.3 is 0 Å². The Kier molecular flexibility index (Phi) is 5.27. The van der Waals surface area contributed by atoms with Crippen molar-refractivity contribution in [1.29, 1.82) is 0 Å². The summed E-state index contributed by atoms with van der Waals surface area (Å²) < 4.78 is 5.36. The summed E-state index contributed by atoms with van der Waals surface area (Å²) in [6.07, 6.45) is 0. The van der Waals surface area contributed by atoms with Crippen LogP contribution in [0.5, 0.6) is 5.75 Å². The first-order chi connectivity index (χ1) is 13.6.